The zero-order chi connectivity index (χ0) is 15.4. The summed E-state index contributed by atoms with van der Waals surface area (Å²) in [7, 11) is 0. The van der Waals surface area contributed by atoms with Gasteiger partial charge in [0.2, 0.25) is 0 Å². The number of anilines is 3. The first-order valence-electron chi connectivity index (χ1n) is 6.61. The molecule has 0 amide bonds. The fourth-order valence-corrected chi connectivity index (χ4v) is 1.95. The first-order valence-corrected chi connectivity index (χ1v) is 6.61. The van der Waals surface area contributed by atoms with E-state index in [1.165, 1.54) is 12.1 Å². The third-order valence-electron chi connectivity index (χ3n) is 3.05. The summed E-state index contributed by atoms with van der Waals surface area (Å²) in [6.07, 6.45) is 0. The number of nitrogens with one attached hydrogen (secondary N) is 1. The summed E-state index contributed by atoms with van der Waals surface area (Å²) >= 11 is 0. The van der Waals surface area contributed by atoms with Gasteiger partial charge < -0.3 is 15.8 Å². The minimum atomic E-state index is -0.471. The van der Waals surface area contributed by atoms with Crippen LogP contribution in [0.25, 0.3) is 0 Å². The van der Waals surface area contributed by atoms with Gasteiger partial charge in [0.15, 0.2) is 0 Å². The van der Waals surface area contributed by atoms with Gasteiger partial charge >= 0.3 is 5.97 Å². The molecule has 0 saturated heterocycles. The largest absolute Gasteiger partial charge is 0.462 e. The summed E-state index contributed by atoms with van der Waals surface area (Å²) < 4.78 is 18.4. The molecule has 0 bridgehead atoms. The Kier molecular flexibility index (Phi) is 4.42. The summed E-state index contributed by atoms with van der Waals surface area (Å²) in [5, 5.41) is 3.02. The van der Waals surface area contributed by atoms with Gasteiger partial charge in [-0.25, -0.2) is 9.18 Å². The Morgan fingerprint density at radius 1 is 1.33 bits per heavy atom. The first kappa shape index (κ1) is 14.8. The van der Waals surface area contributed by atoms with Gasteiger partial charge in [-0.15, -0.1) is 0 Å². The van der Waals surface area contributed by atoms with Gasteiger partial charge in [0.05, 0.1) is 23.5 Å². The van der Waals surface area contributed by atoms with E-state index in [0.29, 0.717) is 22.6 Å². The molecule has 0 radical (unpaired) electrons. The van der Waals surface area contributed by atoms with Crippen molar-refractivity contribution in [1.29, 1.82) is 0 Å². The number of carbonyl (C=O) groups excluding carboxylic acids is 1. The number of halogens is 1. The Labute approximate surface area is 122 Å². The lowest BCUT2D eigenvalue weighted by atomic mass is 10.1. The molecule has 0 atom stereocenters. The molecule has 0 aromatic heterocycles. The van der Waals surface area contributed by atoms with Crippen molar-refractivity contribution in [3.63, 3.8) is 0 Å². The van der Waals surface area contributed by atoms with Gasteiger partial charge in [-0.3, -0.25) is 0 Å². The number of benzene rings is 2. The molecule has 21 heavy (non-hydrogen) atoms. The predicted molar refractivity (Wildman–Crippen MR) is 81.2 cm³/mol. The van der Waals surface area contributed by atoms with Gasteiger partial charge in [0.25, 0.3) is 0 Å². The van der Waals surface area contributed by atoms with Crippen LogP contribution in [0.1, 0.15) is 22.8 Å². The van der Waals surface area contributed by atoms with Crippen LogP contribution in [0, 0.1) is 12.7 Å². The van der Waals surface area contributed by atoms with Crippen LogP contribution in [0.15, 0.2) is 36.4 Å². The van der Waals surface area contributed by atoms with Crippen LogP contribution in [0.5, 0.6) is 0 Å². The van der Waals surface area contributed by atoms with Gasteiger partial charge in [-0.05, 0) is 43.7 Å². The molecule has 0 unspecified atom stereocenters. The van der Waals surface area contributed by atoms with Gasteiger partial charge in [0.1, 0.15) is 5.82 Å². The molecule has 0 spiro atoms. The molecule has 0 saturated carbocycles. The molecule has 5 heteroatoms. The van der Waals surface area contributed by atoms with E-state index in [1.807, 2.05) is 6.92 Å². The SMILES string of the molecule is CCOC(=O)c1cccc(N)c1Nc1cc(F)ccc1C. The van der Waals surface area contributed by atoms with Crippen LogP contribution < -0.4 is 11.1 Å². The Hall–Kier alpha value is -2.56. The molecule has 0 aliphatic carbocycles. The van der Waals surface area contributed by atoms with E-state index >= 15 is 0 Å². The molecule has 0 aliphatic rings. The van der Waals surface area contributed by atoms with E-state index in [1.54, 1.807) is 31.2 Å². The molecule has 0 aliphatic heterocycles. The summed E-state index contributed by atoms with van der Waals surface area (Å²) in [6, 6.07) is 9.34. The van der Waals surface area contributed by atoms with E-state index in [4.69, 9.17) is 10.5 Å². The van der Waals surface area contributed by atoms with Crippen molar-refractivity contribution in [3.8, 4) is 0 Å². The average molecular weight is 288 g/mol. The minimum Gasteiger partial charge on any atom is -0.462 e. The number of rotatable bonds is 4. The number of hydrogen-bond donors (Lipinski definition) is 2. The van der Waals surface area contributed by atoms with Gasteiger partial charge in [0, 0.05) is 5.69 Å². The van der Waals surface area contributed by atoms with Crippen molar-refractivity contribution in [2.45, 2.75) is 13.8 Å². The highest BCUT2D eigenvalue weighted by molar-refractivity contribution is 6.00. The second-order valence-corrected chi connectivity index (χ2v) is 4.57. The van der Waals surface area contributed by atoms with E-state index in [2.05, 4.69) is 5.32 Å². The number of nitrogen functional groups attached to an aromatic ring is 1. The van der Waals surface area contributed by atoms with Gasteiger partial charge in [-0.2, -0.15) is 0 Å². The molecule has 2 aromatic carbocycles. The number of nitrogens with two attached hydrogens (primary N) is 1. The van der Waals surface area contributed by atoms with Crippen molar-refractivity contribution in [2.24, 2.45) is 0 Å². The van der Waals surface area contributed by atoms with Gasteiger partial charge in [-0.1, -0.05) is 12.1 Å². The fraction of sp³-hybridized carbons (Fsp3) is 0.188. The number of aryl methyl sites for hydroxylation is 1. The third-order valence-corrected chi connectivity index (χ3v) is 3.05. The Morgan fingerprint density at radius 2 is 2.10 bits per heavy atom. The maximum atomic E-state index is 13.4. The van der Waals surface area contributed by atoms with Crippen LogP contribution in [0.2, 0.25) is 0 Å². The minimum absolute atomic E-state index is 0.270. The van der Waals surface area contributed by atoms with Crippen LogP contribution in [0.4, 0.5) is 21.5 Å². The van der Waals surface area contributed by atoms with Crippen molar-refractivity contribution >= 4 is 23.0 Å². The van der Waals surface area contributed by atoms with Crippen molar-refractivity contribution in [1.82, 2.24) is 0 Å². The summed E-state index contributed by atoms with van der Waals surface area (Å²) in [6.45, 7) is 3.84. The molecule has 0 heterocycles. The number of hydrogen-bond acceptors (Lipinski definition) is 4. The molecule has 4 nitrogen and oxygen atoms in total. The molecule has 2 rings (SSSR count). The monoisotopic (exact) mass is 288 g/mol. The highest BCUT2D eigenvalue weighted by Crippen LogP contribution is 2.29. The maximum absolute atomic E-state index is 13.4. The first-order chi connectivity index (χ1) is 10.0. The van der Waals surface area contributed by atoms with E-state index < -0.39 is 5.97 Å². The topological polar surface area (TPSA) is 64.3 Å². The molecule has 110 valence electrons. The second kappa shape index (κ2) is 6.26. The van der Waals surface area contributed by atoms with E-state index in [9.17, 15) is 9.18 Å². The Morgan fingerprint density at radius 3 is 2.81 bits per heavy atom. The molecule has 3 N–H and O–H groups in total. The number of carbonyl (C=O) groups is 1. The van der Waals surface area contributed by atoms with Crippen LogP contribution in [0.3, 0.4) is 0 Å². The number of esters is 1. The number of ether oxygens (including phenoxy) is 1. The lowest BCUT2D eigenvalue weighted by Gasteiger charge is -2.15. The lowest BCUT2D eigenvalue weighted by molar-refractivity contribution is 0.0527. The highest BCUT2D eigenvalue weighted by atomic mass is 19.1. The smallest absolute Gasteiger partial charge is 0.340 e. The summed E-state index contributed by atoms with van der Waals surface area (Å²) in [4.78, 5) is 12.0. The zero-order valence-electron chi connectivity index (χ0n) is 11.9. The van der Waals surface area contributed by atoms with Crippen molar-refractivity contribution < 1.29 is 13.9 Å². The van der Waals surface area contributed by atoms with E-state index in [0.717, 1.165) is 5.56 Å². The standard InChI is InChI=1S/C16H17FN2O2/c1-3-21-16(20)12-5-4-6-13(18)15(12)19-14-9-11(17)8-7-10(14)2/h4-9,19H,3,18H2,1-2H3. The third kappa shape index (κ3) is 3.31. The van der Waals surface area contributed by atoms with Crippen molar-refractivity contribution in [3.05, 3.63) is 53.3 Å². The summed E-state index contributed by atoms with van der Waals surface area (Å²) in [5.74, 6) is -0.836. The van der Waals surface area contributed by atoms with Crippen molar-refractivity contribution in [2.75, 3.05) is 17.7 Å². The Balaban J connectivity index is 2.43. The molecular formula is C16H17FN2O2. The predicted octanol–water partition coefficient (Wildman–Crippen LogP) is 3.64. The summed E-state index contributed by atoms with van der Waals surface area (Å²) in [5.41, 5.74) is 8.46. The zero-order valence-corrected chi connectivity index (χ0v) is 11.9. The molecular weight excluding hydrogens is 271 g/mol. The van der Waals surface area contributed by atoms with E-state index in [-0.39, 0.29) is 12.4 Å². The lowest BCUT2D eigenvalue weighted by Crippen LogP contribution is -2.10. The highest BCUT2D eigenvalue weighted by Gasteiger charge is 2.15. The second-order valence-electron chi connectivity index (χ2n) is 4.57. The average Bonchev–Trinajstić information content (AvgIpc) is 2.45. The number of para-hydroxylation sites is 1. The molecule has 2 aromatic rings. The Bertz CT molecular complexity index is 671. The van der Waals surface area contributed by atoms with Crippen LogP contribution >= 0.6 is 0 Å². The van der Waals surface area contributed by atoms with Crippen LogP contribution in [-0.4, -0.2) is 12.6 Å². The normalized spacial score (nSPS) is 10.2. The van der Waals surface area contributed by atoms with Crippen LogP contribution in [-0.2, 0) is 4.74 Å². The fourth-order valence-electron chi connectivity index (χ4n) is 1.95. The molecule has 0 fully saturated rings. The quantitative estimate of drug-likeness (QED) is 0.666. The maximum Gasteiger partial charge on any atom is 0.340 e.